The molecule has 0 amide bonds. The Kier molecular flexibility index (Phi) is 6.94. The Morgan fingerprint density at radius 2 is 1.88 bits per heavy atom. The highest BCUT2D eigenvalue weighted by atomic mass is 14.9. The third-order valence-electron chi connectivity index (χ3n) is 3.74. The molecule has 0 aliphatic rings. The minimum Gasteiger partial charge on any atom is -0.309 e. The zero-order valence-electron chi connectivity index (χ0n) is 13.7. The maximum absolute atomic E-state index is 7.89. The topological polar surface area (TPSA) is 28.8 Å². The fourth-order valence-corrected chi connectivity index (χ4v) is 2.46. The quantitative estimate of drug-likeness (QED) is 0.687. The Bertz CT molecular complexity index is 848. The van der Waals surface area contributed by atoms with Gasteiger partial charge in [-0.25, -0.2) is 0 Å². The van der Waals surface area contributed by atoms with Gasteiger partial charge in [-0.1, -0.05) is 68.6 Å². The van der Waals surface area contributed by atoms with E-state index in [9.17, 15) is 0 Å². The average molecular weight is 318 g/mol. The molecule has 2 aromatic rings. The van der Waals surface area contributed by atoms with Gasteiger partial charge >= 0.3 is 0 Å². The Labute approximate surface area is 145 Å². The molecule has 2 heteroatoms. The summed E-state index contributed by atoms with van der Waals surface area (Å²) in [6, 6.07) is 12.2. The maximum atomic E-state index is 7.89. The van der Waals surface area contributed by atoms with Crippen LogP contribution in [0.1, 0.15) is 31.0 Å². The molecule has 0 saturated heterocycles. The fourth-order valence-electron chi connectivity index (χ4n) is 2.46. The number of hydrogen-bond acceptors (Lipinski definition) is 1. The standard InChI is InChI=1S/C21H22N2.CH4/c1-5-7-11-20(17(4)18-10-8-9-16(3)14-18)19-12-13-21(22)23(6-2)15-19;/h5-15,22H,1-2H2,3-4H3;1H4/b11-7-,20-17-,22-21?;. The lowest BCUT2D eigenvalue weighted by molar-refractivity contribution is 0.972. The highest BCUT2D eigenvalue weighted by Gasteiger charge is 2.06. The van der Waals surface area contributed by atoms with E-state index in [0.29, 0.717) is 5.49 Å². The number of nitrogens with one attached hydrogen (secondary N) is 1. The van der Waals surface area contributed by atoms with Crippen LogP contribution in [0.25, 0.3) is 17.3 Å². The van der Waals surface area contributed by atoms with Crippen LogP contribution in [0, 0.1) is 12.3 Å². The molecule has 124 valence electrons. The first-order valence-corrected chi connectivity index (χ1v) is 7.53. The van der Waals surface area contributed by atoms with E-state index in [2.05, 4.69) is 57.3 Å². The van der Waals surface area contributed by atoms with E-state index in [1.165, 1.54) is 16.7 Å². The second-order valence-corrected chi connectivity index (χ2v) is 5.40. The second-order valence-electron chi connectivity index (χ2n) is 5.40. The molecule has 0 atom stereocenters. The Balaban J connectivity index is 0.00000288. The predicted molar refractivity (Wildman–Crippen MR) is 106 cm³/mol. The number of hydrogen-bond donors (Lipinski definition) is 1. The smallest absolute Gasteiger partial charge is 0.128 e. The van der Waals surface area contributed by atoms with Crippen molar-refractivity contribution in [2.24, 2.45) is 0 Å². The molecule has 1 N–H and O–H groups in total. The summed E-state index contributed by atoms with van der Waals surface area (Å²) in [4.78, 5) is 0. The summed E-state index contributed by atoms with van der Waals surface area (Å²) in [6.07, 6.45) is 9.32. The molecule has 0 spiro atoms. The van der Waals surface area contributed by atoms with E-state index in [1.54, 1.807) is 22.9 Å². The minimum atomic E-state index is 0. The van der Waals surface area contributed by atoms with Crippen molar-refractivity contribution in [1.82, 2.24) is 4.57 Å². The number of benzene rings is 1. The van der Waals surface area contributed by atoms with E-state index < -0.39 is 0 Å². The number of nitrogens with zero attached hydrogens (tertiary/aromatic N) is 1. The predicted octanol–water partition coefficient (Wildman–Crippen LogP) is 5.69. The van der Waals surface area contributed by atoms with Gasteiger partial charge < -0.3 is 4.57 Å². The van der Waals surface area contributed by atoms with Gasteiger partial charge in [-0.15, -0.1) is 0 Å². The number of allylic oxidation sites excluding steroid dienone is 5. The number of aryl methyl sites for hydroxylation is 1. The molecule has 0 bridgehead atoms. The van der Waals surface area contributed by atoms with Gasteiger partial charge in [0.05, 0.1) is 0 Å². The summed E-state index contributed by atoms with van der Waals surface area (Å²) in [5.41, 5.74) is 6.15. The molecule has 2 rings (SSSR count). The van der Waals surface area contributed by atoms with Crippen LogP contribution in [-0.2, 0) is 0 Å². The summed E-state index contributed by atoms with van der Waals surface area (Å²) in [5, 5.41) is 7.89. The fraction of sp³-hybridized carbons (Fsp3) is 0.136. The molecular weight excluding hydrogens is 292 g/mol. The van der Waals surface area contributed by atoms with Crippen LogP contribution in [0.2, 0.25) is 0 Å². The monoisotopic (exact) mass is 318 g/mol. The van der Waals surface area contributed by atoms with Gasteiger partial charge in [0.2, 0.25) is 0 Å². The molecule has 1 aromatic carbocycles. The zero-order valence-corrected chi connectivity index (χ0v) is 13.7. The van der Waals surface area contributed by atoms with Crippen molar-refractivity contribution in [2.75, 3.05) is 0 Å². The van der Waals surface area contributed by atoms with Crippen LogP contribution in [0.15, 0.2) is 74.0 Å². The van der Waals surface area contributed by atoms with E-state index in [0.717, 1.165) is 11.1 Å². The molecule has 24 heavy (non-hydrogen) atoms. The van der Waals surface area contributed by atoms with Crippen LogP contribution in [-0.4, -0.2) is 4.57 Å². The van der Waals surface area contributed by atoms with Gasteiger partial charge in [-0.05, 0) is 48.3 Å². The van der Waals surface area contributed by atoms with Crippen LogP contribution in [0.3, 0.4) is 0 Å². The van der Waals surface area contributed by atoms with Crippen molar-refractivity contribution < 1.29 is 0 Å². The third-order valence-corrected chi connectivity index (χ3v) is 3.74. The highest BCUT2D eigenvalue weighted by Crippen LogP contribution is 2.27. The molecular formula is C22H26N2. The van der Waals surface area contributed by atoms with Crippen LogP contribution < -0.4 is 5.49 Å². The van der Waals surface area contributed by atoms with Crippen LogP contribution in [0.4, 0.5) is 0 Å². The summed E-state index contributed by atoms with van der Waals surface area (Å²) in [6.45, 7) is 11.7. The Hall–Kier alpha value is -2.87. The van der Waals surface area contributed by atoms with E-state index >= 15 is 0 Å². The summed E-state index contributed by atoms with van der Waals surface area (Å²) >= 11 is 0. The van der Waals surface area contributed by atoms with E-state index in [1.807, 2.05) is 18.3 Å². The highest BCUT2D eigenvalue weighted by molar-refractivity contribution is 5.94. The van der Waals surface area contributed by atoms with E-state index in [4.69, 9.17) is 5.41 Å². The lowest BCUT2D eigenvalue weighted by Gasteiger charge is -2.12. The molecule has 0 aliphatic heterocycles. The summed E-state index contributed by atoms with van der Waals surface area (Å²) in [5.74, 6) is 0. The number of rotatable bonds is 5. The van der Waals surface area contributed by atoms with Crippen molar-refractivity contribution in [2.45, 2.75) is 21.3 Å². The normalized spacial score (nSPS) is 11.6. The Morgan fingerprint density at radius 3 is 2.50 bits per heavy atom. The maximum Gasteiger partial charge on any atom is 0.128 e. The number of aromatic nitrogens is 1. The van der Waals surface area contributed by atoms with Crippen molar-refractivity contribution >= 4 is 17.3 Å². The third kappa shape index (κ3) is 4.32. The van der Waals surface area contributed by atoms with Gasteiger partial charge in [-0.2, -0.15) is 0 Å². The van der Waals surface area contributed by atoms with Gasteiger partial charge in [0.25, 0.3) is 0 Å². The van der Waals surface area contributed by atoms with Crippen molar-refractivity contribution in [1.29, 1.82) is 5.41 Å². The molecule has 0 radical (unpaired) electrons. The molecule has 0 aliphatic carbocycles. The number of pyridine rings is 1. The van der Waals surface area contributed by atoms with Gasteiger partial charge in [0.1, 0.15) is 5.49 Å². The molecule has 0 saturated carbocycles. The van der Waals surface area contributed by atoms with Crippen molar-refractivity contribution in [3.63, 3.8) is 0 Å². The molecule has 0 fully saturated rings. The van der Waals surface area contributed by atoms with Crippen molar-refractivity contribution in [3.8, 4) is 0 Å². The van der Waals surface area contributed by atoms with Gasteiger partial charge in [-0.3, -0.25) is 5.41 Å². The van der Waals surface area contributed by atoms with Crippen molar-refractivity contribution in [3.05, 3.63) is 96.2 Å². The van der Waals surface area contributed by atoms with Gasteiger partial charge in [0, 0.05) is 12.4 Å². The summed E-state index contributed by atoms with van der Waals surface area (Å²) < 4.78 is 1.71. The Morgan fingerprint density at radius 1 is 1.12 bits per heavy atom. The lowest BCUT2D eigenvalue weighted by atomic mass is 9.95. The molecule has 1 heterocycles. The van der Waals surface area contributed by atoms with Crippen LogP contribution in [0.5, 0.6) is 0 Å². The zero-order chi connectivity index (χ0) is 16.8. The lowest BCUT2D eigenvalue weighted by Crippen LogP contribution is -2.13. The first-order chi connectivity index (χ1) is 11.1. The van der Waals surface area contributed by atoms with Crippen LogP contribution >= 0.6 is 0 Å². The average Bonchev–Trinajstić information content (AvgIpc) is 2.56. The minimum absolute atomic E-state index is 0. The summed E-state index contributed by atoms with van der Waals surface area (Å²) in [7, 11) is 0. The molecule has 0 unspecified atom stereocenters. The first kappa shape index (κ1) is 19.2. The largest absolute Gasteiger partial charge is 0.309 e. The first-order valence-electron chi connectivity index (χ1n) is 7.53. The second kappa shape index (κ2) is 8.68. The molecule has 2 nitrogen and oxygen atoms in total. The van der Waals surface area contributed by atoms with Gasteiger partial charge in [0.15, 0.2) is 0 Å². The molecule has 1 aromatic heterocycles. The van der Waals surface area contributed by atoms with E-state index in [-0.39, 0.29) is 7.43 Å². The SMILES string of the molecule is C.C=C/C=C\C(=C(/C)c1cccc(C)c1)c1ccc(=N)n(C=C)c1.